The van der Waals surface area contributed by atoms with Crippen LogP contribution in [0, 0.1) is 18.3 Å². The molecule has 3 aromatic rings. The number of benzene rings is 1. The molecule has 5 heteroatoms. The number of rotatable bonds is 3. The van der Waals surface area contributed by atoms with E-state index in [1.807, 2.05) is 25.1 Å². The first-order chi connectivity index (χ1) is 9.78. The summed E-state index contributed by atoms with van der Waals surface area (Å²) in [4.78, 5) is 12.0. The molecule has 3 rings (SSSR count). The van der Waals surface area contributed by atoms with Gasteiger partial charge in [0.15, 0.2) is 0 Å². The van der Waals surface area contributed by atoms with Gasteiger partial charge in [-0.15, -0.1) is 0 Å². The van der Waals surface area contributed by atoms with Gasteiger partial charge < -0.3 is 10.3 Å². The second-order valence-corrected chi connectivity index (χ2v) is 4.52. The summed E-state index contributed by atoms with van der Waals surface area (Å²) >= 11 is 0. The molecule has 5 nitrogen and oxygen atoms in total. The van der Waals surface area contributed by atoms with Crippen molar-refractivity contribution < 1.29 is 0 Å². The molecule has 0 fully saturated rings. The van der Waals surface area contributed by atoms with Crippen LogP contribution < -0.4 is 5.32 Å². The van der Waals surface area contributed by atoms with Crippen LogP contribution in [0.2, 0.25) is 0 Å². The topological polar surface area (TPSA) is 77.4 Å². The number of aryl methyl sites for hydroxylation is 1. The van der Waals surface area contributed by atoms with Gasteiger partial charge in [-0.05, 0) is 30.7 Å². The molecule has 0 unspecified atom stereocenters. The summed E-state index contributed by atoms with van der Waals surface area (Å²) in [5.74, 6) is 1.40. The van der Waals surface area contributed by atoms with Crippen molar-refractivity contribution >= 4 is 16.9 Å². The third-order valence-electron chi connectivity index (χ3n) is 3.11. The lowest BCUT2D eigenvalue weighted by Crippen LogP contribution is -2.04. The van der Waals surface area contributed by atoms with E-state index in [4.69, 9.17) is 5.26 Å². The minimum absolute atomic E-state index is 0.500. The van der Waals surface area contributed by atoms with E-state index >= 15 is 0 Å². The van der Waals surface area contributed by atoms with Gasteiger partial charge in [-0.1, -0.05) is 12.1 Å². The second-order valence-electron chi connectivity index (χ2n) is 4.52. The van der Waals surface area contributed by atoms with Gasteiger partial charge in [-0.25, -0.2) is 9.97 Å². The van der Waals surface area contributed by atoms with Gasteiger partial charge in [-0.2, -0.15) is 5.26 Å². The maximum Gasteiger partial charge on any atom is 0.144 e. The number of imidazole rings is 1. The summed E-state index contributed by atoms with van der Waals surface area (Å²) in [5.41, 5.74) is 3.66. The van der Waals surface area contributed by atoms with E-state index in [2.05, 4.69) is 26.3 Å². The Morgan fingerprint density at radius 1 is 1.30 bits per heavy atom. The third kappa shape index (κ3) is 2.19. The lowest BCUT2D eigenvalue weighted by molar-refractivity contribution is 0.995. The van der Waals surface area contributed by atoms with Crippen LogP contribution in [-0.4, -0.2) is 15.0 Å². The molecule has 0 aliphatic heterocycles. The zero-order valence-electron chi connectivity index (χ0n) is 11.0. The van der Waals surface area contributed by atoms with Crippen LogP contribution >= 0.6 is 0 Å². The van der Waals surface area contributed by atoms with Gasteiger partial charge in [-0.3, -0.25) is 0 Å². The molecule has 0 radical (unpaired) electrons. The van der Waals surface area contributed by atoms with Gasteiger partial charge in [0.25, 0.3) is 0 Å². The van der Waals surface area contributed by atoms with E-state index in [-0.39, 0.29) is 0 Å². The predicted molar refractivity (Wildman–Crippen MR) is 77.1 cm³/mol. The minimum atomic E-state index is 0.500. The van der Waals surface area contributed by atoms with Crippen molar-refractivity contribution in [2.24, 2.45) is 0 Å². The summed E-state index contributed by atoms with van der Waals surface area (Å²) in [6.45, 7) is 2.53. The number of hydrogen-bond donors (Lipinski definition) is 2. The largest absolute Gasteiger partial charge is 0.362 e. The maximum absolute atomic E-state index is 9.01. The molecule has 0 aliphatic rings. The highest BCUT2D eigenvalue weighted by molar-refractivity contribution is 5.78. The van der Waals surface area contributed by atoms with Crippen LogP contribution in [0.5, 0.6) is 0 Å². The van der Waals surface area contributed by atoms with Crippen molar-refractivity contribution in [1.82, 2.24) is 15.0 Å². The van der Waals surface area contributed by atoms with Crippen molar-refractivity contribution in [2.75, 3.05) is 5.32 Å². The Morgan fingerprint density at radius 2 is 2.20 bits per heavy atom. The molecule has 0 aliphatic carbocycles. The highest BCUT2D eigenvalue weighted by Gasteiger charge is 2.06. The van der Waals surface area contributed by atoms with E-state index in [1.165, 1.54) is 0 Å². The summed E-state index contributed by atoms with van der Waals surface area (Å²) < 4.78 is 0. The molecule has 2 heterocycles. The number of hydrogen-bond acceptors (Lipinski definition) is 4. The molecule has 98 valence electrons. The number of H-pyrrole nitrogens is 1. The summed E-state index contributed by atoms with van der Waals surface area (Å²) in [6, 6.07) is 11.6. The van der Waals surface area contributed by atoms with Crippen LogP contribution in [0.3, 0.4) is 0 Å². The standard InChI is InChI=1S/C15H13N5/c1-10-4-2-6-12-14(10)20-13(19-12)9-18-15-11(8-16)5-3-7-17-15/h2-7H,9H2,1H3,(H,17,18)(H,19,20). The van der Waals surface area contributed by atoms with Crippen LogP contribution in [0.15, 0.2) is 36.5 Å². The van der Waals surface area contributed by atoms with Crippen molar-refractivity contribution in [3.63, 3.8) is 0 Å². The molecule has 0 amide bonds. The molecular formula is C15H13N5. The smallest absolute Gasteiger partial charge is 0.144 e. The lowest BCUT2D eigenvalue weighted by Gasteiger charge is -2.04. The Kier molecular flexibility index (Phi) is 3.05. The third-order valence-corrected chi connectivity index (χ3v) is 3.11. The number of anilines is 1. The SMILES string of the molecule is Cc1cccc2[nH]c(CNc3ncccc3C#N)nc12. The van der Waals surface area contributed by atoms with Crippen molar-refractivity contribution in [2.45, 2.75) is 13.5 Å². The Hall–Kier alpha value is -2.87. The van der Waals surface area contributed by atoms with Crippen molar-refractivity contribution in [3.8, 4) is 6.07 Å². The molecule has 0 bridgehead atoms. The normalized spacial score (nSPS) is 10.4. The molecule has 0 saturated heterocycles. The molecular weight excluding hydrogens is 250 g/mol. The van der Waals surface area contributed by atoms with Crippen LogP contribution in [0.1, 0.15) is 17.0 Å². The number of nitrogens with one attached hydrogen (secondary N) is 2. The Bertz CT molecular complexity index is 797. The van der Waals surface area contributed by atoms with Gasteiger partial charge in [0.2, 0.25) is 0 Å². The molecule has 0 spiro atoms. The first kappa shape index (κ1) is 12.2. The number of para-hydroxylation sites is 1. The number of aromatic nitrogens is 3. The Morgan fingerprint density at radius 3 is 3.00 bits per heavy atom. The first-order valence-corrected chi connectivity index (χ1v) is 6.31. The van der Waals surface area contributed by atoms with Gasteiger partial charge >= 0.3 is 0 Å². The summed E-state index contributed by atoms with van der Waals surface area (Å²) in [6.07, 6.45) is 1.66. The maximum atomic E-state index is 9.01. The van der Waals surface area contributed by atoms with Gasteiger partial charge in [0.05, 0.1) is 23.1 Å². The van der Waals surface area contributed by atoms with E-state index in [0.29, 0.717) is 17.9 Å². The van der Waals surface area contributed by atoms with E-state index in [1.54, 1.807) is 18.3 Å². The number of aromatic amines is 1. The number of nitrogens with zero attached hydrogens (tertiary/aromatic N) is 3. The summed E-state index contributed by atoms with van der Waals surface area (Å²) in [7, 11) is 0. The quantitative estimate of drug-likeness (QED) is 0.761. The van der Waals surface area contributed by atoms with E-state index < -0.39 is 0 Å². The Balaban J connectivity index is 1.84. The molecule has 2 N–H and O–H groups in total. The van der Waals surface area contributed by atoms with E-state index in [0.717, 1.165) is 22.4 Å². The minimum Gasteiger partial charge on any atom is -0.362 e. The average Bonchev–Trinajstić information content (AvgIpc) is 2.90. The monoisotopic (exact) mass is 263 g/mol. The van der Waals surface area contributed by atoms with Crippen LogP contribution in [0.4, 0.5) is 5.82 Å². The fourth-order valence-corrected chi connectivity index (χ4v) is 2.11. The van der Waals surface area contributed by atoms with Crippen LogP contribution in [0.25, 0.3) is 11.0 Å². The van der Waals surface area contributed by atoms with Gasteiger partial charge in [0, 0.05) is 6.20 Å². The van der Waals surface area contributed by atoms with Crippen molar-refractivity contribution in [3.05, 3.63) is 53.5 Å². The summed E-state index contributed by atoms with van der Waals surface area (Å²) in [5, 5.41) is 12.1. The van der Waals surface area contributed by atoms with Gasteiger partial charge in [0.1, 0.15) is 17.7 Å². The fourth-order valence-electron chi connectivity index (χ4n) is 2.11. The molecule has 0 atom stereocenters. The fraction of sp³-hybridized carbons (Fsp3) is 0.133. The highest BCUT2D eigenvalue weighted by Crippen LogP contribution is 2.16. The van der Waals surface area contributed by atoms with Crippen LogP contribution in [-0.2, 0) is 6.54 Å². The van der Waals surface area contributed by atoms with Crippen molar-refractivity contribution in [1.29, 1.82) is 5.26 Å². The zero-order valence-corrected chi connectivity index (χ0v) is 11.0. The molecule has 1 aromatic carbocycles. The number of fused-ring (bicyclic) bond motifs is 1. The number of pyridine rings is 1. The molecule has 0 saturated carbocycles. The Labute approximate surface area is 116 Å². The first-order valence-electron chi connectivity index (χ1n) is 6.31. The van der Waals surface area contributed by atoms with E-state index in [9.17, 15) is 0 Å². The molecule has 20 heavy (non-hydrogen) atoms. The second kappa shape index (κ2) is 5.02. The lowest BCUT2D eigenvalue weighted by atomic mass is 10.2. The zero-order chi connectivity index (χ0) is 13.9. The number of nitriles is 1. The predicted octanol–water partition coefficient (Wildman–Crippen LogP) is 2.75. The average molecular weight is 263 g/mol. The molecule has 2 aromatic heterocycles. The highest BCUT2D eigenvalue weighted by atomic mass is 15.0.